The molecule has 1 atom stereocenters. The van der Waals surface area contributed by atoms with Crippen LogP contribution >= 0.6 is 0 Å². The summed E-state index contributed by atoms with van der Waals surface area (Å²) < 4.78 is 110. The van der Waals surface area contributed by atoms with E-state index in [4.69, 9.17) is 0 Å². The van der Waals surface area contributed by atoms with Gasteiger partial charge < -0.3 is 15.4 Å². The topological polar surface area (TPSA) is 142 Å². The van der Waals surface area contributed by atoms with Crippen LogP contribution < -0.4 is 15.4 Å². The van der Waals surface area contributed by atoms with Crippen LogP contribution in [0.25, 0.3) is 0 Å². The van der Waals surface area contributed by atoms with Gasteiger partial charge in [-0.2, -0.15) is 13.2 Å². The molecule has 45 heavy (non-hydrogen) atoms. The Balaban J connectivity index is 1.22. The Bertz CT molecular complexity index is 1640. The Morgan fingerprint density at radius 2 is 1.53 bits per heavy atom. The van der Waals surface area contributed by atoms with E-state index < -0.39 is 54.3 Å². The zero-order valence-corrected chi connectivity index (χ0v) is 22.6. The number of aromatic nitrogens is 7. The van der Waals surface area contributed by atoms with Crippen molar-refractivity contribution in [1.29, 1.82) is 0 Å². The van der Waals surface area contributed by atoms with Crippen LogP contribution in [0.4, 0.5) is 35.1 Å². The number of hydrogen-bond acceptors (Lipinski definition) is 8. The van der Waals surface area contributed by atoms with Gasteiger partial charge in [0.1, 0.15) is 23.4 Å². The fourth-order valence-electron chi connectivity index (χ4n) is 3.72. The molecule has 1 unspecified atom stereocenters. The van der Waals surface area contributed by atoms with Crippen molar-refractivity contribution < 1.29 is 49.4 Å². The molecule has 0 saturated heterocycles. The highest BCUT2D eigenvalue weighted by molar-refractivity contribution is 5.92. The lowest BCUT2D eigenvalue weighted by atomic mass is 10.2. The number of hydrogen-bond donors (Lipinski definition) is 2. The van der Waals surface area contributed by atoms with E-state index in [2.05, 4.69) is 41.0 Å². The lowest BCUT2D eigenvalue weighted by Gasteiger charge is -2.11. The molecule has 0 bridgehead atoms. The first-order valence-corrected chi connectivity index (χ1v) is 12.7. The predicted octanol–water partition coefficient (Wildman–Crippen LogP) is 3.61. The van der Waals surface area contributed by atoms with Gasteiger partial charge in [-0.25, -0.2) is 18.4 Å². The van der Waals surface area contributed by atoms with Crippen molar-refractivity contribution in [3.05, 3.63) is 82.9 Å². The van der Waals surface area contributed by atoms with Crippen LogP contribution in [0.15, 0.2) is 48.8 Å². The average Bonchev–Trinajstić information content (AvgIpc) is 3.64. The second-order valence-corrected chi connectivity index (χ2v) is 9.26. The van der Waals surface area contributed by atoms with Gasteiger partial charge >= 0.3 is 12.5 Å². The molecular weight excluding hydrogens is 626 g/mol. The van der Waals surface area contributed by atoms with E-state index in [1.165, 1.54) is 16.9 Å². The molecule has 4 aromatic rings. The highest BCUT2D eigenvalue weighted by atomic mass is 19.4. The Hall–Kier alpha value is -5.17. The predicted molar refractivity (Wildman–Crippen MR) is 134 cm³/mol. The SMILES string of the molecule is O=C(NCc1cccc(C(F)(F)F)n1)c1cn(CCC(F)Cn2cc(C(=O)NCc3cc(OC(F)(F)F)ccc3F)nn2)nn1. The van der Waals surface area contributed by atoms with Crippen LogP contribution in [0.5, 0.6) is 5.75 Å². The standard InChI is InChI=1S/C25H21F8N9O3/c26-15(6-7-41-12-19(37-39-41)23(44)35-10-16-2-1-3-21(36-16)24(28,29)30)11-42-13-20(38-40-42)22(43)34-9-14-8-17(4-5-18(14)27)45-25(31,32)33/h1-5,8,12-13,15H,6-7,9-11H2,(H,34,43)(H,35,44). The number of benzene rings is 1. The van der Waals surface area contributed by atoms with Crippen LogP contribution in [0.3, 0.4) is 0 Å². The summed E-state index contributed by atoms with van der Waals surface area (Å²) in [6.07, 6.45) is -8.96. The van der Waals surface area contributed by atoms with Crippen molar-refractivity contribution in [2.24, 2.45) is 0 Å². The quantitative estimate of drug-likeness (QED) is 0.222. The van der Waals surface area contributed by atoms with Crippen molar-refractivity contribution in [3.8, 4) is 5.75 Å². The summed E-state index contributed by atoms with van der Waals surface area (Å²) in [7, 11) is 0. The minimum atomic E-state index is -4.99. The summed E-state index contributed by atoms with van der Waals surface area (Å²) in [6.45, 7) is -1.17. The van der Waals surface area contributed by atoms with Crippen molar-refractivity contribution >= 4 is 11.8 Å². The number of carbonyl (C=O) groups excluding carboxylic acids is 2. The van der Waals surface area contributed by atoms with Crippen LogP contribution in [0, 0.1) is 5.82 Å². The number of rotatable bonds is 12. The van der Waals surface area contributed by atoms with E-state index in [0.29, 0.717) is 0 Å². The Kier molecular flexibility index (Phi) is 9.92. The van der Waals surface area contributed by atoms with Crippen molar-refractivity contribution in [1.82, 2.24) is 45.6 Å². The molecule has 4 rings (SSSR count). The summed E-state index contributed by atoms with van der Waals surface area (Å²) >= 11 is 0. The van der Waals surface area contributed by atoms with Crippen molar-refractivity contribution in [2.45, 2.75) is 51.3 Å². The minimum absolute atomic E-state index is 0.0264. The fourth-order valence-corrected chi connectivity index (χ4v) is 3.72. The van der Waals surface area contributed by atoms with Gasteiger partial charge in [0.15, 0.2) is 11.4 Å². The summed E-state index contributed by atoms with van der Waals surface area (Å²) in [5.41, 5.74) is -1.85. The number of halogens is 8. The fraction of sp³-hybridized carbons (Fsp3) is 0.320. The lowest BCUT2D eigenvalue weighted by Crippen LogP contribution is -2.24. The van der Waals surface area contributed by atoms with Gasteiger partial charge in [0.25, 0.3) is 11.8 Å². The van der Waals surface area contributed by atoms with Crippen LogP contribution in [-0.4, -0.2) is 59.3 Å². The van der Waals surface area contributed by atoms with Gasteiger partial charge in [-0.15, -0.1) is 23.4 Å². The molecule has 2 N–H and O–H groups in total. The maximum absolute atomic E-state index is 14.6. The molecule has 3 aromatic heterocycles. The monoisotopic (exact) mass is 647 g/mol. The van der Waals surface area contributed by atoms with E-state index >= 15 is 0 Å². The third-order valence-electron chi connectivity index (χ3n) is 5.82. The number of pyridine rings is 1. The Morgan fingerprint density at radius 3 is 2.20 bits per heavy atom. The van der Waals surface area contributed by atoms with E-state index in [-0.39, 0.29) is 48.7 Å². The molecule has 20 heteroatoms. The highest BCUT2D eigenvalue weighted by Crippen LogP contribution is 2.27. The van der Waals surface area contributed by atoms with Crippen LogP contribution in [0.2, 0.25) is 0 Å². The molecule has 2 amide bonds. The molecule has 0 aliphatic rings. The number of nitrogens with one attached hydrogen (secondary N) is 2. The zero-order chi connectivity index (χ0) is 32.8. The first-order valence-electron chi connectivity index (χ1n) is 12.7. The number of alkyl halides is 7. The summed E-state index contributed by atoms with van der Waals surface area (Å²) in [5, 5.41) is 19.3. The molecule has 12 nitrogen and oxygen atoms in total. The summed E-state index contributed by atoms with van der Waals surface area (Å²) in [4.78, 5) is 28.1. The largest absolute Gasteiger partial charge is 0.573 e. The number of aryl methyl sites for hydroxylation is 1. The molecule has 1 aromatic carbocycles. The number of nitrogens with zero attached hydrogens (tertiary/aromatic N) is 7. The minimum Gasteiger partial charge on any atom is -0.406 e. The van der Waals surface area contributed by atoms with Crippen LogP contribution in [0.1, 0.15) is 44.3 Å². The second kappa shape index (κ2) is 13.6. The maximum Gasteiger partial charge on any atom is 0.573 e. The van der Waals surface area contributed by atoms with Gasteiger partial charge in [0.2, 0.25) is 0 Å². The van der Waals surface area contributed by atoms with Gasteiger partial charge in [0.05, 0.1) is 31.2 Å². The third kappa shape index (κ3) is 9.66. The molecule has 0 radical (unpaired) electrons. The van der Waals surface area contributed by atoms with E-state index in [1.54, 1.807) is 0 Å². The van der Waals surface area contributed by atoms with Gasteiger partial charge in [-0.1, -0.05) is 16.5 Å². The summed E-state index contributed by atoms with van der Waals surface area (Å²) in [6, 6.07) is 5.55. The first-order chi connectivity index (χ1) is 21.2. The average molecular weight is 647 g/mol. The third-order valence-corrected chi connectivity index (χ3v) is 5.82. The van der Waals surface area contributed by atoms with Gasteiger partial charge in [-0.05, 0) is 30.3 Å². The van der Waals surface area contributed by atoms with Gasteiger partial charge in [-0.3, -0.25) is 14.3 Å². The maximum atomic E-state index is 14.6. The molecule has 0 aliphatic carbocycles. The Labute approximate surface area is 247 Å². The summed E-state index contributed by atoms with van der Waals surface area (Å²) in [5.74, 6) is -3.16. The molecule has 0 spiro atoms. The van der Waals surface area contributed by atoms with Crippen molar-refractivity contribution in [3.63, 3.8) is 0 Å². The molecule has 0 aliphatic heterocycles. The van der Waals surface area contributed by atoms with Crippen molar-refractivity contribution in [2.75, 3.05) is 0 Å². The van der Waals surface area contributed by atoms with E-state index in [0.717, 1.165) is 41.2 Å². The molecular formula is C25H21F8N9O3. The first kappa shape index (κ1) is 32.7. The molecule has 0 fully saturated rings. The normalized spacial score (nSPS) is 12.5. The highest BCUT2D eigenvalue weighted by Gasteiger charge is 2.33. The number of ether oxygens (including phenoxy) is 1. The second-order valence-electron chi connectivity index (χ2n) is 9.26. The molecule has 3 heterocycles. The molecule has 240 valence electrons. The zero-order valence-electron chi connectivity index (χ0n) is 22.6. The number of carbonyl (C=O) groups is 2. The van der Waals surface area contributed by atoms with E-state index in [1.807, 2.05) is 0 Å². The Morgan fingerprint density at radius 1 is 0.889 bits per heavy atom. The smallest absolute Gasteiger partial charge is 0.406 e. The number of amides is 2. The molecule has 0 saturated carbocycles. The lowest BCUT2D eigenvalue weighted by molar-refractivity contribution is -0.274. The van der Waals surface area contributed by atoms with Gasteiger partial charge in [0, 0.05) is 25.1 Å². The van der Waals surface area contributed by atoms with Crippen LogP contribution in [-0.2, 0) is 32.4 Å². The van der Waals surface area contributed by atoms with E-state index in [9.17, 15) is 44.7 Å².